The van der Waals surface area contributed by atoms with E-state index in [1.54, 1.807) is 0 Å². The van der Waals surface area contributed by atoms with Crippen LogP contribution in [0.4, 0.5) is 13.2 Å². The van der Waals surface area contributed by atoms with Gasteiger partial charge in [0, 0.05) is 10.8 Å². The average molecular weight is 250 g/mol. The van der Waals surface area contributed by atoms with E-state index < -0.39 is 18.2 Å². The SMILES string of the molecule is CC12CCCC(C)(CC1)C2OC(=O)C(F)(F)F. The molecule has 17 heavy (non-hydrogen) atoms. The van der Waals surface area contributed by atoms with Crippen LogP contribution in [0.25, 0.3) is 0 Å². The monoisotopic (exact) mass is 250 g/mol. The Morgan fingerprint density at radius 2 is 1.59 bits per heavy atom. The first kappa shape index (κ1) is 12.7. The van der Waals surface area contributed by atoms with Gasteiger partial charge in [-0.2, -0.15) is 13.2 Å². The predicted octanol–water partition coefficient (Wildman–Crippen LogP) is 3.45. The molecule has 2 nitrogen and oxygen atoms in total. The predicted molar refractivity (Wildman–Crippen MR) is 55.2 cm³/mol. The van der Waals surface area contributed by atoms with Gasteiger partial charge in [-0.25, -0.2) is 4.79 Å². The second kappa shape index (κ2) is 3.62. The zero-order valence-electron chi connectivity index (χ0n) is 10.1. The highest BCUT2D eigenvalue weighted by molar-refractivity contribution is 5.76. The number of halogens is 3. The van der Waals surface area contributed by atoms with Crippen molar-refractivity contribution >= 4 is 5.97 Å². The molecule has 2 unspecified atom stereocenters. The van der Waals surface area contributed by atoms with Crippen molar-refractivity contribution in [2.75, 3.05) is 0 Å². The number of alkyl halides is 3. The van der Waals surface area contributed by atoms with Gasteiger partial charge in [0.25, 0.3) is 0 Å². The Kier molecular flexibility index (Phi) is 2.71. The molecule has 2 aliphatic carbocycles. The Bertz CT molecular complexity index is 321. The van der Waals surface area contributed by atoms with E-state index in [0.29, 0.717) is 0 Å². The zero-order chi connectivity index (χ0) is 12.9. The Morgan fingerprint density at radius 3 is 2.00 bits per heavy atom. The molecule has 0 aliphatic heterocycles. The number of hydrogen-bond donors (Lipinski definition) is 0. The van der Waals surface area contributed by atoms with Crippen molar-refractivity contribution in [1.82, 2.24) is 0 Å². The molecule has 2 bridgehead atoms. The van der Waals surface area contributed by atoms with Gasteiger partial charge >= 0.3 is 12.1 Å². The molecule has 0 amide bonds. The van der Waals surface area contributed by atoms with Gasteiger partial charge in [0.1, 0.15) is 6.10 Å². The van der Waals surface area contributed by atoms with Crippen molar-refractivity contribution in [3.05, 3.63) is 0 Å². The van der Waals surface area contributed by atoms with Crippen LogP contribution in [0.2, 0.25) is 0 Å². The van der Waals surface area contributed by atoms with Crippen LogP contribution in [0.15, 0.2) is 0 Å². The summed E-state index contributed by atoms with van der Waals surface area (Å²) in [5, 5.41) is 0. The summed E-state index contributed by atoms with van der Waals surface area (Å²) in [6, 6.07) is 0. The third kappa shape index (κ3) is 2.04. The summed E-state index contributed by atoms with van der Waals surface area (Å²) < 4.78 is 41.5. The first-order chi connectivity index (χ1) is 7.67. The number of hydrogen-bond acceptors (Lipinski definition) is 2. The van der Waals surface area contributed by atoms with E-state index >= 15 is 0 Å². The molecule has 2 atom stereocenters. The minimum atomic E-state index is -4.89. The minimum absolute atomic E-state index is 0.270. The fourth-order valence-electron chi connectivity index (χ4n) is 3.54. The van der Waals surface area contributed by atoms with Gasteiger partial charge in [-0.15, -0.1) is 0 Å². The number of carbonyl (C=O) groups is 1. The molecular formula is C12H17F3O2. The molecule has 0 heterocycles. The Morgan fingerprint density at radius 1 is 1.12 bits per heavy atom. The van der Waals surface area contributed by atoms with Crippen LogP contribution in [0.5, 0.6) is 0 Å². The molecule has 2 aliphatic rings. The largest absolute Gasteiger partial charge is 0.490 e. The number of rotatable bonds is 1. The van der Waals surface area contributed by atoms with Gasteiger partial charge in [-0.05, 0) is 25.7 Å². The van der Waals surface area contributed by atoms with E-state index in [2.05, 4.69) is 0 Å². The van der Waals surface area contributed by atoms with Crippen molar-refractivity contribution in [2.45, 2.75) is 58.2 Å². The van der Waals surface area contributed by atoms with E-state index in [9.17, 15) is 18.0 Å². The summed E-state index contributed by atoms with van der Waals surface area (Å²) in [5.41, 5.74) is -0.540. The summed E-state index contributed by atoms with van der Waals surface area (Å²) in [6.45, 7) is 3.87. The van der Waals surface area contributed by atoms with Crippen LogP contribution in [0.3, 0.4) is 0 Å². The summed E-state index contributed by atoms with van der Waals surface area (Å²) in [4.78, 5) is 11.0. The van der Waals surface area contributed by atoms with E-state index in [4.69, 9.17) is 4.74 Å². The van der Waals surface area contributed by atoms with Crippen molar-refractivity contribution in [2.24, 2.45) is 10.8 Å². The Hall–Kier alpha value is -0.740. The lowest BCUT2D eigenvalue weighted by Gasteiger charge is -2.43. The lowest BCUT2D eigenvalue weighted by atomic mass is 9.68. The number of ether oxygens (including phenoxy) is 1. The number of fused-ring (bicyclic) bond motifs is 2. The van der Waals surface area contributed by atoms with Crippen LogP contribution in [-0.4, -0.2) is 18.2 Å². The topological polar surface area (TPSA) is 26.3 Å². The Balaban J connectivity index is 2.18. The first-order valence-corrected chi connectivity index (χ1v) is 5.95. The maximum atomic E-state index is 12.3. The molecule has 0 aromatic carbocycles. The fourth-order valence-corrected chi connectivity index (χ4v) is 3.54. The second-order valence-electron chi connectivity index (χ2n) is 5.94. The summed E-state index contributed by atoms with van der Waals surface area (Å²) in [5.74, 6) is -2.04. The van der Waals surface area contributed by atoms with Gasteiger partial charge in [-0.3, -0.25) is 0 Å². The lowest BCUT2D eigenvalue weighted by Crippen LogP contribution is -2.46. The van der Waals surface area contributed by atoms with Gasteiger partial charge in [-0.1, -0.05) is 20.3 Å². The minimum Gasteiger partial charge on any atom is -0.455 e. The van der Waals surface area contributed by atoms with Crippen LogP contribution in [0, 0.1) is 10.8 Å². The molecule has 98 valence electrons. The normalized spacial score (nSPS) is 41.4. The molecule has 2 rings (SSSR count). The quantitative estimate of drug-likeness (QED) is 0.666. The molecule has 0 spiro atoms. The van der Waals surface area contributed by atoms with Gasteiger partial charge in [0.05, 0.1) is 0 Å². The van der Waals surface area contributed by atoms with Gasteiger partial charge in [0.2, 0.25) is 0 Å². The van der Waals surface area contributed by atoms with Crippen LogP contribution in [0.1, 0.15) is 46.0 Å². The van der Waals surface area contributed by atoms with E-state index in [-0.39, 0.29) is 10.8 Å². The van der Waals surface area contributed by atoms with Gasteiger partial charge < -0.3 is 4.74 Å². The van der Waals surface area contributed by atoms with E-state index in [1.165, 1.54) is 0 Å². The molecular weight excluding hydrogens is 233 g/mol. The van der Waals surface area contributed by atoms with Crippen molar-refractivity contribution < 1.29 is 22.7 Å². The third-order valence-corrected chi connectivity index (χ3v) is 4.49. The average Bonchev–Trinajstić information content (AvgIpc) is 2.34. The van der Waals surface area contributed by atoms with Crippen molar-refractivity contribution in [3.8, 4) is 0 Å². The Labute approximate surface area is 98.5 Å². The molecule has 0 radical (unpaired) electrons. The maximum Gasteiger partial charge on any atom is 0.490 e. The summed E-state index contributed by atoms with van der Waals surface area (Å²) in [7, 11) is 0. The number of esters is 1. The first-order valence-electron chi connectivity index (χ1n) is 5.95. The molecule has 0 aromatic rings. The zero-order valence-corrected chi connectivity index (χ0v) is 10.1. The molecule has 2 saturated carbocycles. The van der Waals surface area contributed by atoms with E-state index in [1.807, 2.05) is 13.8 Å². The highest BCUT2D eigenvalue weighted by atomic mass is 19.4. The number of carbonyl (C=O) groups excluding carboxylic acids is 1. The smallest absolute Gasteiger partial charge is 0.455 e. The second-order valence-corrected chi connectivity index (χ2v) is 5.94. The van der Waals surface area contributed by atoms with Crippen LogP contribution in [-0.2, 0) is 9.53 Å². The van der Waals surface area contributed by atoms with Crippen LogP contribution < -0.4 is 0 Å². The molecule has 0 N–H and O–H groups in total. The highest BCUT2D eigenvalue weighted by Gasteiger charge is 2.58. The molecule has 0 saturated heterocycles. The van der Waals surface area contributed by atoms with Crippen molar-refractivity contribution in [1.29, 1.82) is 0 Å². The van der Waals surface area contributed by atoms with Crippen molar-refractivity contribution in [3.63, 3.8) is 0 Å². The lowest BCUT2D eigenvalue weighted by molar-refractivity contribution is -0.217. The molecule has 2 fully saturated rings. The van der Waals surface area contributed by atoms with E-state index in [0.717, 1.165) is 32.1 Å². The summed E-state index contributed by atoms with van der Waals surface area (Å²) >= 11 is 0. The highest BCUT2D eigenvalue weighted by Crippen LogP contribution is 2.59. The van der Waals surface area contributed by atoms with Gasteiger partial charge in [0.15, 0.2) is 0 Å². The fraction of sp³-hybridized carbons (Fsp3) is 0.917. The molecule has 5 heteroatoms. The summed E-state index contributed by atoms with van der Waals surface area (Å²) in [6.07, 6.45) is -1.08. The van der Waals surface area contributed by atoms with Crippen LogP contribution >= 0.6 is 0 Å². The standard InChI is InChI=1S/C12H17F3O2/c1-10-4-3-5-11(2,7-6-10)8(10)17-9(16)12(13,14)15/h8H,3-7H2,1-2H3. The third-order valence-electron chi connectivity index (χ3n) is 4.49. The maximum absolute atomic E-state index is 12.3. The molecule has 0 aromatic heterocycles.